The first-order valence-corrected chi connectivity index (χ1v) is 6.10. The molecule has 0 saturated heterocycles. The lowest BCUT2D eigenvalue weighted by molar-refractivity contribution is -0.385. The summed E-state index contributed by atoms with van der Waals surface area (Å²) < 4.78 is 0. The minimum absolute atomic E-state index is 0.0430. The van der Waals surface area contributed by atoms with Crippen LogP contribution in [0.25, 0.3) is 0 Å². The van der Waals surface area contributed by atoms with E-state index >= 15 is 0 Å². The average molecular weight is 315 g/mol. The van der Waals surface area contributed by atoms with E-state index in [4.69, 9.17) is 0 Å². The SMILES string of the molecule is [O]C(=O)c1ccc([N+](=O)[O-])cc1C(=O)c1ccc([N+](=O)[O-])cc1. The summed E-state index contributed by atoms with van der Waals surface area (Å²) in [6, 6.07) is 7.10. The average Bonchev–Trinajstić information content (AvgIpc) is 2.53. The summed E-state index contributed by atoms with van der Waals surface area (Å²) in [5.74, 6) is -2.48. The predicted octanol–water partition coefficient (Wildman–Crippen LogP) is 2.30. The first-order chi connectivity index (χ1) is 10.8. The molecule has 0 atom stereocenters. The maximum atomic E-state index is 12.3. The fraction of sp³-hybridized carbons (Fsp3) is 0. The highest BCUT2D eigenvalue weighted by Gasteiger charge is 2.23. The third-order valence-corrected chi connectivity index (χ3v) is 3.02. The van der Waals surface area contributed by atoms with Gasteiger partial charge >= 0.3 is 5.97 Å². The molecule has 0 fully saturated rings. The summed E-state index contributed by atoms with van der Waals surface area (Å²) in [7, 11) is 0. The van der Waals surface area contributed by atoms with Gasteiger partial charge in [0.05, 0.1) is 15.4 Å². The Morgan fingerprint density at radius 1 is 0.783 bits per heavy atom. The quantitative estimate of drug-likeness (QED) is 0.471. The van der Waals surface area contributed by atoms with Crippen molar-refractivity contribution in [1.82, 2.24) is 0 Å². The van der Waals surface area contributed by atoms with E-state index in [1.165, 1.54) is 0 Å². The van der Waals surface area contributed by atoms with Crippen LogP contribution in [0.5, 0.6) is 0 Å². The van der Waals surface area contributed by atoms with Gasteiger partial charge in [-0.3, -0.25) is 25.0 Å². The molecule has 115 valence electrons. The molecule has 0 aromatic heterocycles. The van der Waals surface area contributed by atoms with Crippen LogP contribution in [0.15, 0.2) is 42.5 Å². The lowest BCUT2D eigenvalue weighted by Gasteiger charge is -2.04. The number of non-ortho nitro benzene ring substituents is 2. The van der Waals surface area contributed by atoms with E-state index in [2.05, 4.69) is 0 Å². The van der Waals surface area contributed by atoms with Crippen molar-refractivity contribution in [3.63, 3.8) is 0 Å². The molecule has 0 N–H and O–H groups in total. The van der Waals surface area contributed by atoms with Crippen LogP contribution in [0.2, 0.25) is 0 Å². The Bertz CT molecular complexity index is 828. The number of ketones is 1. The zero-order valence-corrected chi connectivity index (χ0v) is 11.3. The van der Waals surface area contributed by atoms with E-state index in [0.717, 1.165) is 42.5 Å². The minimum Gasteiger partial charge on any atom is -0.289 e. The largest absolute Gasteiger partial charge is 0.387 e. The molecule has 2 aromatic rings. The number of nitro benzene ring substituents is 2. The Morgan fingerprint density at radius 3 is 1.78 bits per heavy atom. The van der Waals surface area contributed by atoms with Crippen LogP contribution < -0.4 is 0 Å². The van der Waals surface area contributed by atoms with Crippen LogP contribution in [0, 0.1) is 20.2 Å². The van der Waals surface area contributed by atoms with Crippen molar-refractivity contribution >= 4 is 23.1 Å². The van der Waals surface area contributed by atoms with E-state index in [1.807, 2.05) is 0 Å². The lowest BCUT2D eigenvalue weighted by Crippen LogP contribution is -2.10. The maximum absolute atomic E-state index is 12.3. The molecule has 0 saturated carbocycles. The second-order valence-corrected chi connectivity index (χ2v) is 4.41. The molecule has 0 amide bonds. The molecule has 23 heavy (non-hydrogen) atoms. The van der Waals surface area contributed by atoms with Crippen LogP contribution in [0.4, 0.5) is 11.4 Å². The Labute approximate surface area is 128 Å². The highest BCUT2D eigenvalue weighted by Crippen LogP contribution is 2.22. The smallest absolute Gasteiger partial charge is 0.289 e. The molecule has 9 nitrogen and oxygen atoms in total. The van der Waals surface area contributed by atoms with Gasteiger partial charge in [-0.25, -0.2) is 9.90 Å². The van der Waals surface area contributed by atoms with Crippen LogP contribution in [0.3, 0.4) is 0 Å². The van der Waals surface area contributed by atoms with E-state index < -0.39 is 38.4 Å². The Balaban J connectivity index is 2.52. The van der Waals surface area contributed by atoms with E-state index in [0.29, 0.717) is 0 Å². The summed E-state index contributed by atoms with van der Waals surface area (Å²) in [6.45, 7) is 0. The third-order valence-electron chi connectivity index (χ3n) is 3.02. The molecule has 1 radical (unpaired) electrons. The fourth-order valence-corrected chi connectivity index (χ4v) is 1.90. The van der Waals surface area contributed by atoms with Crippen molar-refractivity contribution in [2.24, 2.45) is 0 Å². The summed E-state index contributed by atoms with van der Waals surface area (Å²) in [4.78, 5) is 43.3. The number of carbonyl (C=O) groups excluding carboxylic acids is 2. The monoisotopic (exact) mass is 315 g/mol. The number of carbonyl (C=O) groups is 2. The van der Waals surface area contributed by atoms with Gasteiger partial charge in [-0.15, -0.1) is 0 Å². The molecule has 0 spiro atoms. The summed E-state index contributed by atoms with van der Waals surface area (Å²) in [6.07, 6.45) is 0. The van der Waals surface area contributed by atoms with Crippen molar-refractivity contribution in [2.45, 2.75) is 0 Å². The van der Waals surface area contributed by atoms with Gasteiger partial charge in [-0.2, -0.15) is 0 Å². The molecule has 9 heteroatoms. The first-order valence-electron chi connectivity index (χ1n) is 6.10. The van der Waals surface area contributed by atoms with Gasteiger partial charge in [-0.05, 0) is 18.2 Å². The topological polar surface area (TPSA) is 140 Å². The lowest BCUT2D eigenvalue weighted by atomic mass is 9.97. The second-order valence-electron chi connectivity index (χ2n) is 4.41. The molecule has 0 bridgehead atoms. The minimum atomic E-state index is -1.66. The van der Waals surface area contributed by atoms with E-state index in [-0.39, 0.29) is 11.3 Å². The first kappa shape index (κ1) is 15.8. The number of benzene rings is 2. The third kappa shape index (κ3) is 3.18. The zero-order valence-electron chi connectivity index (χ0n) is 11.3. The fourth-order valence-electron chi connectivity index (χ4n) is 1.90. The number of nitro groups is 2. The molecule has 0 aliphatic rings. The Hall–Kier alpha value is -3.62. The number of nitrogens with zero attached hydrogens (tertiary/aromatic N) is 2. The van der Waals surface area contributed by atoms with Gasteiger partial charge < -0.3 is 0 Å². The van der Waals surface area contributed by atoms with Gasteiger partial charge in [-0.1, -0.05) is 0 Å². The van der Waals surface area contributed by atoms with Gasteiger partial charge in [0.25, 0.3) is 11.4 Å². The van der Waals surface area contributed by atoms with Crippen LogP contribution >= 0.6 is 0 Å². The molecule has 0 aliphatic carbocycles. The summed E-state index contributed by atoms with van der Waals surface area (Å²) in [5.41, 5.74) is -1.67. The maximum Gasteiger partial charge on any atom is 0.387 e. The molecule has 0 unspecified atom stereocenters. The Kier molecular flexibility index (Phi) is 4.12. The molecular weight excluding hydrogens is 308 g/mol. The highest BCUT2D eigenvalue weighted by atomic mass is 16.6. The van der Waals surface area contributed by atoms with Gasteiger partial charge in [0.1, 0.15) is 0 Å². The van der Waals surface area contributed by atoms with Crippen molar-refractivity contribution in [1.29, 1.82) is 0 Å². The van der Waals surface area contributed by atoms with Crippen LogP contribution in [-0.2, 0) is 5.11 Å². The normalized spacial score (nSPS) is 10.1. The second kappa shape index (κ2) is 6.02. The summed E-state index contributed by atoms with van der Waals surface area (Å²) >= 11 is 0. The highest BCUT2D eigenvalue weighted by molar-refractivity contribution is 6.14. The molecule has 2 rings (SSSR count). The number of hydrogen-bond acceptors (Lipinski definition) is 6. The molecule has 0 heterocycles. The predicted molar refractivity (Wildman–Crippen MR) is 74.6 cm³/mol. The zero-order chi connectivity index (χ0) is 17.1. The van der Waals surface area contributed by atoms with Crippen molar-refractivity contribution < 1.29 is 24.5 Å². The van der Waals surface area contributed by atoms with Crippen molar-refractivity contribution in [2.75, 3.05) is 0 Å². The van der Waals surface area contributed by atoms with Crippen LogP contribution in [-0.4, -0.2) is 21.6 Å². The molecule has 0 aliphatic heterocycles. The molecule has 2 aromatic carbocycles. The molecular formula is C14H7N2O7. The Morgan fingerprint density at radius 2 is 1.30 bits per heavy atom. The number of hydrogen-bond donors (Lipinski definition) is 0. The van der Waals surface area contributed by atoms with Gasteiger partial charge in [0.15, 0.2) is 5.78 Å². The number of rotatable bonds is 5. The van der Waals surface area contributed by atoms with Crippen LogP contribution in [0.1, 0.15) is 26.3 Å². The van der Waals surface area contributed by atoms with Crippen molar-refractivity contribution in [3.8, 4) is 0 Å². The van der Waals surface area contributed by atoms with Crippen molar-refractivity contribution in [3.05, 3.63) is 79.4 Å². The standard InChI is InChI=1S/C14H7N2O7/c17-13(8-1-3-9(4-2-8)15(20)21)12-7-10(16(22)23)5-6-11(12)14(18)19/h1-7H. The van der Waals surface area contributed by atoms with Gasteiger partial charge in [0.2, 0.25) is 0 Å². The van der Waals surface area contributed by atoms with Gasteiger partial charge in [0, 0.05) is 35.4 Å². The van der Waals surface area contributed by atoms with E-state index in [9.17, 15) is 34.9 Å². The summed E-state index contributed by atoms with van der Waals surface area (Å²) in [5, 5.41) is 32.4. The van der Waals surface area contributed by atoms with E-state index in [1.54, 1.807) is 0 Å².